The van der Waals surface area contributed by atoms with Crippen molar-refractivity contribution in [1.29, 1.82) is 0 Å². The van der Waals surface area contributed by atoms with Gasteiger partial charge in [-0.15, -0.1) is 0 Å². The molecule has 0 bridgehead atoms. The summed E-state index contributed by atoms with van der Waals surface area (Å²) in [6, 6.07) is 5.43. The second-order valence-electron chi connectivity index (χ2n) is 4.73. The first-order valence-corrected chi connectivity index (χ1v) is 6.20. The van der Waals surface area contributed by atoms with E-state index < -0.39 is 5.97 Å². The van der Waals surface area contributed by atoms with Gasteiger partial charge >= 0.3 is 5.97 Å². The molecule has 2 aromatic rings. The number of hydrogen-bond donors (Lipinski definition) is 4. The van der Waals surface area contributed by atoms with Crippen LogP contribution in [0, 0.1) is 13.8 Å². The quantitative estimate of drug-likeness (QED) is 0.291. The maximum atomic E-state index is 12.1. The van der Waals surface area contributed by atoms with Gasteiger partial charge in [0.15, 0.2) is 0 Å². The summed E-state index contributed by atoms with van der Waals surface area (Å²) in [6.07, 6.45) is 0. The van der Waals surface area contributed by atoms with Gasteiger partial charge in [-0.25, -0.2) is 4.79 Å². The molecule has 21 heavy (non-hydrogen) atoms. The van der Waals surface area contributed by atoms with Crippen LogP contribution in [0.4, 0.5) is 11.4 Å². The number of aromatic hydroxyl groups is 2. The second kappa shape index (κ2) is 5.24. The summed E-state index contributed by atoms with van der Waals surface area (Å²) >= 11 is 0. The average molecular weight is 288 g/mol. The smallest absolute Gasteiger partial charge is 0.343 e. The third kappa shape index (κ3) is 2.69. The summed E-state index contributed by atoms with van der Waals surface area (Å²) in [5.41, 5.74) is 12.8. The Bertz CT molecular complexity index is 726. The van der Waals surface area contributed by atoms with Gasteiger partial charge in [0.1, 0.15) is 17.2 Å². The lowest BCUT2D eigenvalue weighted by Crippen LogP contribution is -2.10. The topological polar surface area (TPSA) is 119 Å². The first-order valence-electron chi connectivity index (χ1n) is 6.20. The van der Waals surface area contributed by atoms with E-state index in [9.17, 15) is 15.0 Å². The molecule has 0 aliphatic carbocycles. The largest absolute Gasteiger partial charge is 0.506 e. The highest BCUT2D eigenvalue weighted by Crippen LogP contribution is 2.34. The Morgan fingerprint density at radius 3 is 2.33 bits per heavy atom. The molecule has 0 aliphatic rings. The minimum Gasteiger partial charge on any atom is -0.506 e. The fourth-order valence-corrected chi connectivity index (χ4v) is 1.84. The third-order valence-corrected chi connectivity index (χ3v) is 3.31. The number of nitrogen functional groups attached to an aromatic ring is 2. The van der Waals surface area contributed by atoms with Gasteiger partial charge in [0.2, 0.25) is 0 Å². The number of hydrogen-bond acceptors (Lipinski definition) is 6. The molecule has 0 saturated heterocycles. The highest BCUT2D eigenvalue weighted by atomic mass is 16.5. The van der Waals surface area contributed by atoms with Gasteiger partial charge in [-0.05, 0) is 43.2 Å². The minimum atomic E-state index is -0.630. The van der Waals surface area contributed by atoms with E-state index in [-0.39, 0.29) is 34.2 Å². The Balaban J connectivity index is 2.34. The minimum absolute atomic E-state index is 0.0267. The van der Waals surface area contributed by atoms with E-state index in [1.165, 1.54) is 24.3 Å². The molecule has 2 rings (SSSR count). The number of benzene rings is 2. The van der Waals surface area contributed by atoms with Crippen LogP contribution in [-0.4, -0.2) is 16.2 Å². The van der Waals surface area contributed by atoms with Gasteiger partial charge in [-0.3, -0.25) is 0 Å². The molecule has 0 aliphatic heterocycles. The molecule has 0 unspecified atom stereocenters. The monoisotopic (exact) mass is 288 g/mol. The number of phenols is 2. The van der Waals surface area contributed by atoms with Crippen LogP contribution in [0.1, 0.15) is 21.5 Å². The van der Waals surface area contributed by atoms with E-state index in [0.717, 1.165) is 0 Å². The number of ether oxygens (including phenoxy) is 1. The molecule has 6 heteroatoms. The predicted molar refractivity (Wildman–Crippen MR) is 79.5 cm³/mol. The van der Waals surface area contributed by atoms with E-state index in [1.807, 2.05) is 0 Å². The normalized spacial score (nSPS) is 10.4. The lowest BCUT2D eigenvalue weighted by molar-refractivity contribution is 0.0733. The van der Waals surface area contributed by atoms with Crippen LogP contribution in [0.3, 0.4) is 0 Å². The van der Waals surface area contributed by atoms with Crippen LogP contribution >= 0.6 is 0 Å². The highest BCUT2D eigenvalue weighted by molar-refractivity contribution is 5.93. The third-order valence-electron chi connectivity index (χ3n) is 3.31. The van der Waals surface area contributed by atoms with Crippen molar-refractivity contribution in [3.05, 3.63) is 41.0 Å². The van der Waals surface area contributed by atoms with Crippen molar-refractivity contribution in [3.8, 4) is 17.2 Å². The summed E-state index contributed by atoms with van der Waals surface area (Å²) in [6.45, 7) is 3.39. The Morgan fingerprint density at radius 1 is 1.05 bits per heavy atom. The zero-order valence-corrected chi connectivity index (χ0v) is 11.7. The van der Waals surface area contributed by atoms with Crippen molar-refractivity contribution < 1.29 is 19.7 Å². The molecule has 0 radical (unpaired) electrons. The molecule has 0 heterocycles. The van der Waals surface area contributed by atoms with Crippen molar-refractivity contribution in [2.45, 2.75) is 13.8 Å². The summed E-state index contributed by atoms with van der Waals surface area (Å²) in [4.78, 5) is 12.1. The molecule has 0 spiro atoms. The van der Waals surface area contributed by atoms with E-state index in [2.05, 4.69) is 0 Å². The molecule has 6 nitrogen and oxygen atoms in total. The average Bonchev–Trinajstić information content (AvgIpc) is 2.45. The van der Waals surface area contributed by atoms with Crippen molar-refractivity contribution in [3.63, 3.8) is 0 Å². The number of anilines is 2. The van der Waals surface area contributed by atoms with Crippen LogP contribution in [0.15, 0.2) is 24.3 Å². The zero-order chi connectivity index (χ0) is 15.7. The lowest BCUT2D eigenvalue weighted by Gasteiger charge is -2.13. The SMILES string of the molecule is Cc1c(OC(=O)c2ccc(O)c(N)c2)cc(N)c(O)c1C. The molecular formula is C15H16N2O4. The van der Waals surface area contributed by atoms with E-state index in [0.29, 0.717) is 11.1 Å². The molecule has 2 aromatic carbocycles. The van der Waals surface area contributed by atoms with Crippen LogP contribution in [0.25, 0.3) is 0 Å². The van der Waals surface area contributed by atoms with Gasteiger partial charge in [0.25, 0.3) is 0 Å². The van der Waals surface area contributed by atoms with E-state index in [1.54, 1.807) is 13.8 Å². The van der Waals surface area contributed by atoms with Crippen LogP contribution in [-0.2, 0) is 0 Å². The maximum absolute atomic E-state index is 12.1. The Kier molecular flexibility index (Phi) is 3.62. The number of rotatable bonds is 2. The lowest BCUT2D eigenvalue weighted by atomic mass is 10.1. The second-order valence-corrected chi connectivity index (χ2v) is 4.73. The van der Waals surface area contributed by atoms with Gasteiger partial charge in [-0.1, -0.05) is 0 Å². The van der Waals surface area contributed by atoms with Gasteiger partial charge in [0, 0.05) is 6.07 Å². The number of esters is 1. The Hall–Kier alpha value is -2.89. The van der Waals surface area contributed by atoms with Crippen LogP contribution < -0.4 is 16.2 Å². The van der Waals surface area contributed by atoms with E-state index >= 15 is 0 Å². The number of carbonyl (C=O) groups is 1. The molecule has 0 atom stereocenters. The van der Waals surface area contributed by atoms with Crippen molar-refractivity contribution in [2.75, 3.05) is 11.5 Å². The molecule has 0 fully saturated rings. The highest BCUT2D eigenvalue weighted by Gasteiger charge is 2.16. The van der Waals surface area contributed by atoms with Crippen molar-refractivity contribution in [1.82, 2.24) is 0 Å². The van der Waals surface area contributed by atoms with Crippen LogP contribution in [0.5, 0.6) is 17.2 Å². The number of nitrogens with two attached hydrogens (primary N) is 2. The van der Waals surface area contributed by atoms with Gasteiger partial charge in [0.05, 0.1) is 16.9 Å². The Morgan fingerprint density at radius 2 is 1.71 bits per heavy atom. The first-order chi connectivity index (χ1) is 9.81. The van der Waals surface area contributed by atoms with E-state index in [4.69, 9.17) is 16.2 Å². The van der Waals surface area contributed by atoms with Crippen LogP contribution in [0.2, 0.25) is 0 Å². The maximum Gasteiger partial charge on any atom is 0.343 e. The number of phenolic OH excluding ortho intramolecular Hbond substituents is 2. The molecular weight excluding hydrogens is 272 g/mol. The summed E-state index contributed by atoms with van der Waals surface area (Å²) < 4.78 is 5.28. The summed E-state index contributed by atoms with van der Waals surface area (Å²) in [5.74, 6) is -0.498. The predicted octanol–water partition coefficient (Wildman–Crippen LogP) is 2.10. The summed E-state index contributed by atoms with van der Waals surface area (Å²) in [5, 5.41) is 19.1. The standard InChI is InChI=1S/C15H16N2O4/c1-7-8(2)14(19)11(17)6-13(7)21-15(20)9-3-4-12(18)10(16)5-9/h3-6,18-19H,16-17H2,1-2H3. The molecule has 0 saturated carbocycles. The first kappa shape index (κ1) is 14.5. The Labute approximate surface area is 121 Å². The van der Waals surface area contributed by atoms with Crippen molar-refractivity contribution >= 4 is 17.3 Å². The summed E-state index contributed by atoms with van der Waals surface area (Å²) in [7, 11) is 0. The zero-order valence-electron chi connectivity index (χ0n) is 11.7. The molecule has 0 amide bonds. The number of carbonyl (C=O) groups excluding carboxylic acids is 1. The van der Waals surface area contributed by atoms with Gasteiger partial charge < -0.3 is 26.4 Å². The molecule has 0 aromatic heterocycles. The fourth-order valence-electron chi connectivity index (χ4n) is 1.84. The molecule has 6 N–H and O–H groups in total. The fraction of sp³-hybridized carbons (Fsp3) is 0.133. The van der Waals surface area contributed by atoms with Gasteiger partial charge in [-0.2, -0.15) is 0 Å². The molecule has 110 valence electrons. The van der Waals surface area contributed by atoms with Crippen molar-refractivity contribution in [2.24, 2.45) is 0 Å².